The Morgan fingerprint density at radius 2 is 1.55 bits per heavy atom. The lowest BCUT2D eigenvalue weighted by Gasteiger charge is -2.39. The van der Waals surface area contributed by atoms with Crippen LogP contribution in [0.3, 0.4) is 0 Å². The van der Waals surface area contributed by atoms with E-state index < -0.39 is 0 Å². The number of nitrogens with one attached hydrogen (secondary N) is 1. The number of aryl methyl sites for hydroxylation is 1. The van der Waals surface area contributed by atoms with Crippen molar-refractivity contribution >= 4 is 5.69 Å². The Morgan fingerprint density at radius 1 is 0.871 bits per heavy atom. The molecule has 0 radical (unpaired) electrons. The van der Waals surface area contributed by atoms with Crippen molar-refractivity contribution in [3.8, 4) is 5.75 Å². The van der Waals surface area contributed by atoms with E-state index in [4.69, 9.17) is 4.74 Å². The molecule has 31 heavy (non-hydrogen) atoms. The molecule has 162 valence electrons. The smallest absolute Gasteiger partial charge is 0.119 e. The summed E-state index contributed by atoms with van der Waals surface area (Å²) in [5, 5.41) is 3.81. The molecule has 0 aliphatic carbocycles. The molecule has 0 saturated carbocycles. The van der Waals surface area contributed by atoms with Crippen LogP contribution in [0.2, 0.25) is 0 Å². The molecule has 0 amide bonds. The van der Waals surface area contributed by atoms with Crippen LogP contribution < -0.4 is 15.0 Å². The van der Waals surface area contributed by atoms with Crippen molar-refractivity contribution in [3.05, 3.63) is 96.1 Å². The maximum Gasteiger partial charge on any atom is 0.119 e. The van der Waals surface area contributed by atoms with Crippen LogP contribution >= 0.6 is 0 Å². The molecule has 3 aromatic rings. The Bertz CT molecular complexity index is 895. The van der Waals surface area contributed by atoms with Gasteiger partial charge in [0, 0.05) is 24.8 Å². The number of ether oxygens (including phenoxy) is 1. The van der Waals surface area contributed by atoms with Crippen LogP contribution in [-0.4, -0.2) is 25.7 Å². The van der Waals surface area contributed by atoms with Gasteiger partial charge in [-0.05, 0) is 67.1 Å². The Labute approximate surface area is 187 Å². The Kier molecular flexibility index (Phi) is 7.62. The van der Waals surface area contributed by atoms with Crippen LogP contribution in [0.5, 0.6) is 5.75 Å². The fraction of sp³-hybridized carbons (Fsp3) is 0.357. The van der Waals surface area contributed by atoms with E-state index >= 15 is 0 Å². The number of rotatable bonds is 9. The second-order valence-electron chi connectivity index (χ2n) is 8.63. The molecule has 0 bridgehead atoms. The fourth-order valence-electron chi connectivity index (χ4n) is 4.40. The molecule has 3 heteroatoms. The maximum absolute atomic E-state index is 5.93. The highest BCUT2D eigenvalue weighted by molar-refractivity contribution is 5.49. The third-order valence-corrected chi connectivity index (χ3v) is 6.25. The average Bonchev–Trinajstić information content (AvgIpc) is 2.83. The van der Waals surface area contributed by atoms with E-state index in [9.17, 15) is 0 Å². The van der Waals surface area contributed by atoms with E-state index in [0.717, 1.165) is 31.8 Å². The van der Waals surface area contributed by atoms with Gasteiger partial charge < -0.3 is 15.0 Å². The number of anilines is 1. The second kappa shape index (κ2) is 11.0. The molecule has 4 rings (SSSR count). The molecule has 2 unspecified atom stereocenters. The summed E-state index contributed by atoms with van der Waals surface area (Å²) in [6, 6.07) is 30.3. The lowest BCUT2D eigenvalue weighted by molar-refractivity contribution is 0.306. The number of nitrogens with zero attached hydrogens (tertiary/aromatic N) is 1. The number of benzene rings is 3. The van der Waals surface area contributed by atoms with Gasteiger partial charge in [0.2, 0.25) is 0 Å². The van der Waals surface area contributed by atoms with Crippen molar-refractivity contribution in [1.82, 2.24) is 5.32 Å². The minimum atomic E-state index is 0.610. The van der Waals surface area contributed by atoms with Crippen LogP contribution in [0, 0.1) is 5.92 Å². The van der Waals surface area contributed by atoms with Gasteiger partial charge >= 0.3 is 0 Å². The SMILES string of the molecule is CC1CN(c2ccc(OCc3ccccc3)cc2)CCC1NCCCc1ccccc1. The molecule has 3 aromatic carbocycles. The van der Waals surface area contributed by atoms with Gasteiger partial charge in [0.1, 0.15) is 12.4 Å². The zero-order valence-electron chi connectivity index (χ0n) is 18.5. The average molecular weight is 415 g/mol. The summed E-state index contributed by atoms with van der Waals surface area (Å²) in [4.78, 5) is 2.51. The lowest BCUT2D eigenvalue weighted by Crippen LogP contribution is -2.48. The summed E-state index contributed by atoms with van der Waals surface area (Å²) in [6.07, 6.45) is 3.54. The van der Waals surface area contributed by atoms with Crippen LogP contribution in [0.1, 0.15) is 30.9 Å². The first-order valence-electron chi connectivity index (χ1n) is 11.6. The summed E-state index contributed by atoms with van der Waals surface area (Å²) in [7, 11) is 0. The Morgan fingerprint density at radius 3 is 2.23 bits per heavy atom. The van der Waals surface area contributed by atoms with E-state index in [1.165, 1.54) is 29.7 Å². The van der Waals surface area contributed by atoms with Crippen molar-refractivity contribution in [2.75, 3.05) is 24.5 Å². The minimum Gasteiger partial charge on any atom is -0.489 e. The predicted octanol–water partition coefficient (Wildman–Crippen LogP) is 5.70. The van der Waals surface area contributed by atoms with Crippen molar-refractivity contribution in [2.45, 2.75) is 38.8 Å². The summed E-state index contributed by atoms with van der Waals surface area (Å²) in [6.45, 7) is 6.28. The van der Waals surface area contributed by atoms with E-state index in [2.05, 4.69) is 83.9 Å². The Balaban J connectivity index is 1.20. The normalized spacial score (nSPS) is 18.7. The topological polar surface area (TPSA) is 24.5 Å². The van der Waals surface area contributed by atoms with Crippen molar-refractivity contribution < 1.29 is 4.74 Å². The first kappa shape index (κ1) is 21.5. The summed E-state index contributed by atoms with van der Waals surface area (Å²) in [5.41, 5.74) is 3.92. The van der Waals surface area contributed by atoms with Gasteiger partial charge in [0.05, 0.1) is 0 Å². The largest absolute Gasteiger partial charge is 0.489 e. The van der Waals surface area contributed by atoms with E-state index in [1.807, 2.05) is 18.2 Å². The molecule has 1 aliphatic heterocycles. The van der Waals surface area contributed by atoms with Gasteiger partial charge in [0.25, 0.3) is 0 Å². The van der Waals surface area contributed by atoms with Crippen molar-refractivity contribution in [3.63, 3.8) is 0 Å². The van der Waals surface area contributed by atoms with Crippen molar-refractivity contribution in [1.29, 1.82) is 0 Å². The molecule has 1 aliphatic rings. The van der Waals surface area contributed by atoms with Crippen LogP contribution in [0.15, 0.2) is 84.9 Å². The van der Waals surface area contributed by atoms with Crippen LogP contribution in [0.25, 0.3) is 0 Å². The van der Waals surface area contributed by atoms with E-state index in [1.54, 1.807) is 0 Å². The second-order valence-corrected chi connectivity index (χ2v) is 8.63. The highest BCUT2D eigenvalue weighted by Gasteiger charge is 2.25. The first-order chi connectivity index (χ1) is 15.3. The number of hydrogen-bond acceptors (Lipinski definition) is 3. The van der Waals surface area contributed by atoms with Gasteiger partial charge in [-0.25, -0.2) is 0 Å². The van der Waals surface area contributed by atoms with Gasteiger partial charge in [-0.1, -0.05) is 67.6 Å². The molecular formula is C28H34N2O. The monoisotopic (exact) mass is 414 g/mol. The molecule has 1 saturated heterocycles. The zero-order valence-corrected chi connectivity index (χ0v) is 18.5. The van der Waals surface area contributed by atoms with Gasteiger partial charge in [-0.15, -0.1) is 0 Å². The third-order valence-electron chi connectivity index (χ3n) is 6.25. The minimum absolute atomic E-state index is 0.610. The van der Waals surface area contributed by atoms with Crippen molar-refractivity contribution in [2.24, 2.45) is 5.92 Å². The molecular weight excluding hydrogens is 380 g/mol. The summed E-state index contributed by atoms with van der Waals surface area (Å²) < 4.78 is 5.93. The molecule has 3 nitrogen and oxygen atoms in total. The molecule has 0 spiro atoms. The van der Waals surface area contributed by atoms with Gasteiger partial charge in [-0.3, -0.25) is 0 Å². The molecule has 1 N–H and O–H groups in total. The van der Waals surface area contributed by atoms with Crippen LogP contribution in [0.4, 0.5) is 5.69 Å². The first-order valence-corrected chi connectivity index (χ1v) is 11.6. The third kappa shape index (κ3) is 6.35. The van der Waals surface area contributed by atoms with E-state index in [-0.39, 0.29) is 0 Å². The predicted molar refractivity (Wildman–Crippen MR) is 130 cm³/mol. The Hall–Kier alpha value is -2.78. The maximum atomic E-state index is 5.93. The molecule has 2 atom stereocenters. The van der Waals surface area contributed by atoms with Gasteiger partial charge in [0.15, 0.2) is 0 Å². The fourth-order valence-corrected chi connectivity index (χ4v) is 4.40. The standard InChI is InChI=1S/C28H34N2O/c1-23-21-30(20-18-28(23)29-19-8-13-24-9-4-2-5-10-24)26-14-16-27(17-15-26)31-22-25-11-6-3-7-12-25/h2-7,9-12,14-17,23,28-29H,8,13,18-22H2,1H3. The highest BCUT2D eigenvalue weighted by Crippen LogP contribution is 2.26. The molecule has 0 aromatic heterocycles. The van der Waals surface area contributed by atoms with E-state index in [0.29, 0.717) is 18.6 Å². The van der Waals surface area contributed by atoms with Crippen LogP contribution in [-0.2, 0) is 13.0 Å². The lowest BCUT2D eigenvalue weighted by atomic mass is 9.93. The molecule has 1 heterocycles. The zero-order chi connectivity index (χ0) is 21.3. The quantitative estimate of drug-likeness (QED) is 0.454. The highest BCUT2D eigenvalue weighted by atomic mass is 16.5. The number of piperidine rings is 1. The number of hydrogen-bond donors (Lipinski definition) is 1. The van der Waals surface area contributed by atoms with Gasteiger partial charge in [-0.2, -0.15) is 0 Å². The molecule has 1 fully saturated rings. The summed E-state index contributed by atoms with van der Waals surface area (Å²) >= 11 is 0. The summed E-state index contributed by atoms with van der Waals surface area (Å²) in [5.74, 6) is 1.56.